The molecule has 1 fully saturated rings. The maximum Gasteiger partial charge on any atom is 0.289 e. The lowest BCUT2D eigenvalue weighted by molar-refractivity contribution is -0.387. The van der Waals surface area contributed by atoms with Crippen molar-refractivity contribution in [2.45, 2.75) is 11.3 Å². The minimum atomic E-state index is -3.84. The topological polar surface area (TPSA) is 101 Å². The lowest BCUT2D eigenvalue weighted by Crippen LogP contribution is -2.30. The molecule has 1 aromatic rings. The van der Waals surface area contributed by atoms with Crippen molar-refractivity contribution in [3.63, 3.8) is 0 Å². The fraction of sp³-hybridized carbons (Fsp3) is 0.455. The molecule has 2 N–H and O–H groups in total. The highest BCUT2D eigenvalue weighted by Crippen LogP contribution is 2.22. The predicted octanol–water partition coefficient (Wildman–Crippen LogP) is 0.483. The van der Waals surface area contributed by atoms with Gasteiger partial charge in [-0.05, 0) is 31.5 Å². The number of nitrogens with one attached hydrogen (secondary N) is 2. The summed E-state index contributed by atoms with van der Waals surface area (Å²) in [6, 6.07) is 5.34. The van der Waals surface area contributed by atoms with E-state index in [0.29, 0.717) is 6.54 Å². The van der Waals surface area contributed by atoms with Crippen LogP contribution in [0.1, 0.15) is 6.42 Å². The molecule has 0 aromatic heterocycles. The van der Waals surface area contributed by atoms with E-state index in [1.54, 1.807) is 0 Å². The Labute approximate surface area is 111 Å². The summed E-state index contributed by atoms with van der Waals surface area (Å²) in [5.41, 5.74) is -0.403. The van der Waals surface area contributed by atoms with E-state index in [1.165, 1.54) is 24.3 Å². The van der Waals surface area contributed by atoms with E-state index in [9.17, 15) is 18.5 Å². The quantitative estimate of drug-likeness (QED) is 0.605. The Morgan fingerprint density at radius 1 is 1.42 bits per heavy atom. The third kappa shape index (κ3) is 3.28. The van der Waals surface area contributed by atoms with Gasteiger partial charge in [0.05, 0.1) is 4.92 Å². The molecule has 0 radical (unpaired) electrons. The first-order valence-electron chi connectivity index (χ1n) is 5.94. The van der Waals surface area contributed by atoms with Gasteiger partial charge in [0.1, 0.15) is 0 Å². The van der Waals surface area contributed by atoms with Crippen molar-refractivity contribution in [3.8, 4) is 0 Å². The van der Waals surface area contributed by atoms with E-state index in [-0.39, 0.29) is 10.8 Å². The summed E-state index contributed by atoms with van der Waals surface area (Å²) in [7, 11) is -3.84. The molecule has 1 saturated heterocycles. The van der Waals surface area contributed by atoms with Gasteiger partial charge in [-0.1, -0.05) is 12.1 Å². The van der Waals surface area contributed by atoms with Crippen molar-refractivity contribution in [1.82, 2.24) is 10.0 Å². The molecular weight excluding hydrogens is 270 g/mol. The zero-order valence-electron chi connectivity index (χ0n) is 10.2. The molecule has 1 aliphatic rings. The molecule has 1 heterocycles. The van der Waals surface area contributed by atoms with Crippen LogP contribution in [0.3, 0.4) is 0 Å². The van der Waals surface area contributed by atoms with E-state index >= 15 is 0 Å². The van der Waals surface area contributed by atoms with Crippen molar-refractivity contribution in [2.75, 3.05) is 19.6 Å². The molecule has 0 bridgehead atoms. The molecular formula is C11H15N3O4S. The van der Waals surface area contributed by atoms with Gasteiger partial charge in [0.15, 0.2) is 4.90 Å². The van der Waals surface area contributed by atoms with E-state index in [4.69, 9.17) is 0 Å². The molecule has 1 unspecified atom stereocenters. The van der Waals surface area contributed by atoms with Crippen LogP contribution < -0.4 is 10.0 Å². The number of nitrogens with zero attached hydrogens (tertiary/aromatic N) is 1. The third-order valence-corrected chi connectivity index (χ3v) is 4.55. The Hall–Kier alpha value is -1.51. The number of sulfonamides is 1. The highest BCUT2D eigenvalue weighted by molar-refractivity contribution is 7.89. The van der Waals surface area contributed by atoms with Gasteiger partial charge in [0, 0.05) is 12.6 Å². The molecule has 19 heavy (non-hydrogen) atoms. The first kappa shape index (κ1) is 13.9. The average molecular weight is 285 g/mol. The fourth-order valence-electron chi connectivity index (χ4n) is 2.03. The Morgan fingerprint density at radius 3 is 2.79 bits per heavy atom. The van der Waals surface area contributed by atoms with Crippen molar-refractivity contribution < 1.29 is 13.3 Å². The van der Waals surface area contributed by atoms with Crippen LogP contribution in [0.5, 0.6) is 0 Å². The second-order valence-electron chi connectivity index (χ2n) is 4.44. The van der Waals surface area contributed by atoms with Gasteiger partial charge in [-0.15, -0.1) is 0 Å². The number of benzene rings is 1. The molecule has 0 amide bonds. The van der Waals surface area contributed by atoms with E-state index < -0.39 is 20.6 Å². The number of hydrogen-bond donors (Lipinski definition) is 2. The van der Waals surface area contributed by atoms with Gasteiger partial charge < -0.3 is 5.32 Å². The van der Waals surface area contributed by atoms with Crippen LogP contribution >= 0.6 is 0 Å². The summed E-state index contributed by atoms with van der Waals surface area (Å²) in [6.07, 6.45) is 0.902. The first-order valence-corrected chi connectivity index (χ1v) is 7.43. The molecule has 1 aromatic carbocycles. The van der Waals surface area contributed by atoms with Crippen LogP contribution in [0.4, 0.5) is 5.69 Å². The van der Waals surface area contributed by atoms with Gasteiger partial charge in [-0.25, -0.2) is 13.1 Å². The average Bonchev–Trinajstić information content (AvgIpc) is 2.89. The maximum absolute atomic E-state index is 12.1. The highest BCUT2D eigenvalue weighted by atomic mass is 32.2. The molecule has 1 atom stereocenters. The lowest BCUT2D eigenvalue weighted by atomic mass is 10.1. The molecule has 7 nitrogen and oxygen atoms in total. The SMILES string of the molecule is O=[N+]([O-])c1ccccc1S(=O)(=O)NCC1CCNC1. The van der Waals surface area contributed by atoms with Gasteiger partial charge in [0.25, 0.3) is 5.69 Å². The number of nitro groups is 1. The van der Waals surface area contributed by atoms with Crippen LogP contribution in [0, 0.1) is 16.0 Å². The Balaban J connectivity index is 2.17. The van der Waals surface area contributed by atoms with E-state index in [2.05, 4.69) is 10.0 Å². The number of hydrogen-bond acceptors (Lipinski definition) is 5. The molecule has 0 spiro atoms. The Kier molecular flexibility index (Phi) is 4.13. The maximum atomic E-state index is 12.1. The van der Waals surface area contributed by atoms with Crippen molar-refractivity contribution in [2.24, 2.45) is 5.92 Å². The molecule has 8 heteroatoms. The summed E-state index contributed by atoms with van der Waals surface area (Å²) >= 11 is 0. The van der Waals surface area contributed by atoms with Crippen LogP contribution in [0.15, 0.2) is 29.2 Å². The predicted molar refractivity (Wildman–Crippen MR) is 69.3 cm³/mol. The number of nitro benzene ring substituents is 1. The summed E-state index contributed by atoms with van der Waals surface area (Å²) in [5, 5.41) is 14.0. The van der Waals surface area contributed by atoms with Gasteiger partial charge in [-0.3, -0.25) is 10.1 Å². The molecule has 0 saturated carbocycles. The highest BCUT2D eigenvalue weighted by Gasteiger charge is 2.26. The smallest absolute Gasteiger partial charge is 0.289 e. The molecule has 104 valence electrons. The number of para-hydroxylation sites is 1. The van der Waals surface area contributed by atoms with E-state index in [0.717, 1.165) is 19.5 Å². The minimum absolute atomic E-state index is 0.234. The summed E-state index contributed by atoms with van der Waals surface area (Å²) in [6.45, 7) is 1.93. The zero-order valence-corrected chi connectivity index (χ0v) is 11.0. The minimum Gasteiger partial charge on any atom is -0.316 e. The van der Waals surface area contributed by atoms with Gasteiger partial charge in [-0.2, -0.15) is 0 Å². The van der Waals surface area contributed by atoms with Crippen LogP contribution in [0.25, 0.3) is 0 Å². The summed E-state index contributed by atoms with van der Waals surface area (Å²) < 4.78 is 26.6. The second kappa shape index (κ2) is 5.64. The second-order valence-corrected chi connectivity index (χ2v) is 6.17. The fourth-order valence-corrected chi connectivity index (χ4v) is 3.32. The Bertz CT molecular complexity index is 567. The molecule has 0 aliphatic carbocycles. The summed E-state index contributed by atoms with van der Waals surface area (Å²) in [4.78, 5) is 9.86. The van der Waals surface area contributed by atoms with Crippen LogP contribution in [0.2, 0.25) is 0 Å². The molecule has 2 rings (SSSR count). The van der Waals surface area contributed by atoms with Crippen molar-refractivity contribution in [1.29, 1.82) is 0 Å². The Morgan fingerprint density at radius 2 is 2.16 bits per heavy atom. The summed E-state index contributed by atoms with van der Waals surface area (Å²) in [5.74, 6) is 0.234. The van der Waals surface area contributed by atoms with E-state index in [1.807, 2.05) is 0 Å². The van der Waals surface area contributed by atoms with Crippen molar-refractivity contribution >= 4 is 15.7 Å². The van der Waals surface area contributed by atoms with Gasteiger partial charge in [0.2, 0.25) is 10.0 Å². The molecule has 1 aliphatic heterocycles. The van der Waals surface area contributed by atoms with Gasteiger partial charge >= 0.3 is 0 Å². The van der Waals surface area contributed by atoms with Crippen LogP contribution in [-0.2, 0) is 10.0 Å². The number of rotatable bonds is 5. The third-order valence-electron chi connectivity index (χ3n) is 3.08. The normalized spacial score (nSPS) is 19.5. The lowest BCUT2D eigenvalue weighted by Gasteiger charge is -2.10. The van der Waals surface area contributed by atoms with Crippen molar-refractivity contribution in [3.05, 3.63) is 34.4 Å². The zero-order chi connectivity index (χ0) is 13.9. The largest absolute Gasteiger partial charge is 0.316 e. The van der Waals surface area contributed by atoms with Crippen LogP contribution in [-0.4, -0.2) is 33.0 Å². The first-order chi connectivity index (χ1) is 9.00. The monoisotopic (exact) mass is 285 g/mol. The standard InChI is InChI=1S/C11H15N3O4S/c15-14(16)10-3-1-2-4-11(10)19(17,18)13-8-9-5-6-12-7-9/h1-4,9,12-13H,5-8H2.